The van der Waals surface area contributed by atoms with Crippen LogP contribution in [0.2, 0.25) is 0 Å². The third-order valence-corrected chi connectivity index (χ3v) is 2.94. The van der Waals surface area contributed by atoms with Crippen LogP contribution in [0.15, 0.2) is 18.3 Å². The van der Waals surface area contributed by atoms with E-state index in [0.29, 0.717) is 11.8 Å². The second-order valence-corrected chi connectivity index (χ2v) is 4.36. The number of aromatic nitrogens is 1. The van der Waals surface area contributed by atoms with Gasteiger partial charge in [-0.1, -0.05) is 26.8 Å². The van der Waals surface area contributed by atoms with Crippen molar-refractivity contribution < 1.29 is 0 Å². The molecule has 0 spiro atoms. The first-order valence-electron chi connectivity index (χ1n) is 5.20. The van der Waals surface area contributed by atoms with Crippen molar-refractivity contribution in [3.8, 4) is 0 Å². The first-order chi connectivity index (χ1) is 6.52. The van der Waals surface area contributed by atoms with Crippen LogP contribution in [0.1, 0.15) is 38.1 Å². The van der Waals surface area contributed by atoms with E-state index in [1.807, 2.05) is 19.2 Å². The average Bonchev–Trinajstić information content (AvgIpc) is 2.16. The molecule has 14 heavy (non-hydrogen) atoms. The number of nitrogens with two attached hydrogens (primary N) is 1. The molecule has 0 radical (unpaired) electrons. The number of nitrogens with zero attached hydrogens (tertiary/aromatic N) is 1. The van der Waals surface area contributed by atoms with Crippen LogP contribution < -0.4 is 5.73 Å². The van der Waals surface area contributed by atoms with Gasteiger partial charge in [0.2, 0.25) is 0 Å². The molecular formula is C12H20N2. The minimum atomic E-state index is 0.100. The van der Waals surface area contributed by atoms with Crippen LogP contribution in [0.25, 0.3) is 0 Å². The van der Waals surface area contributed by atoms with Gasteiger partial charge in [-0.15, -0.1) is 0 Å². The normalized spacial score (nSPS) is 15.6. The van der Waals surface area contributed by atoms with E-state index in [2.05, 4.69) is 31.8 Å². The van der Waals surface area contributed by atoms with Gasteiger partial charge in [-0.05, 0) is 30.4 Å². The molecule has 0 saturated carbocycles. The Morgan fingerprint density at radius 3 is 2.29 bits per heavy atom. The second kappa shape index (κ2) is 4.56. The van der Waals surface area contributed by atoms with Gasteiger partial charge in [-0.2, -0.15) is 0 Å². The summed E-state index contributed by atoms with van der Waals surface area (Å²) in [6.45, 7) is 8.58. The monoisotopic (exact) mass is 192 g/mol. The van der Waals surface area contributed by atoms with Crippen molar-refractivity contribution >= 4 is 0 Å². The third-order valence-electron chi connectivity index (χ3n) is 2.94. The highest BCUT2D eigenvalue weighted by Crippen LogP contribution is 2.24. The Morgan fingerprint density at radius 2 is 1.86 bits per heavy atom. The van der Waals surface area contributed by atoms with Gasteiger partial charge in [0.15, 0.2) is 0 Å². The summed E-state index contributed by atoms with van der Waals surface area (Å²) >= 11 is 0. The third kappa shape index (κ3) is 2.55. The molecule has 78 valence electrons. The van der Waals surface area contributed by atoms with Gasteiger partial charge in [-0.3, -0.25) is 4.98 Å². The van der Waals surface area contributed by atoms with Crippen molar-refractivity contribution in [1.82, 2.24) is 4.98 Å². The van der Waals surface area contributed by atoms with E-state index in [-0.39, 0.29) is 6.04 Å². The van der Waals surface area contributed by atoms with Crippen molar-refractivity contribution in [3.63, 3.8) is 0 Å². The summed E-state index contributed by atoms with van der Waals surface area (Å²) in [6, 6.07) is 4.19. The average molecular weight is 192 g/mol. The highest BCUT2D eigenvalue weighted by molar-refractivity contribution is 5.17. The minimum absolute atomic E-state index is 0.100. The van der Waals surface area contributed by atoms with Crippen LogP contribution in [0.3, 0.4) is 0 Å². The summed E-state index contributed by atoms with van der Waals surface area (Å²) in [5.74, 6) is 1.09. The lowest BCUT2D eigenvalue weighted by atomic mass is 9.87. The summed E-state index contributed by atoms with van der Waals surface area (Å²) in [6.07, 6.45) is 1.89. The Hall–Kier alpha value is -0.890. The predicted octanol–water partition coefficient (Wildman–Crippen LogP) is 2.68. The predicted molar refractivity (Wildman–Crippen MR) is 59.9 cm³/mol. The summed E-state index contributed by atoms with van der Waals surface area (Å²) < 4.78 is 0. The Balaban J connectivity index is 2.78. The summed E-state index contributed by atoms with van der Waals surface area (Å²) in [5, 5.41) is 0. The molecule has 0 fully saturated rings. The minimum Gasteiger partial charge on any atom is -0.324 e. The number of hydrogen-bond acceptors (Lipinski definition) is 2. The van der Waals surface area contributed by atoms with Crippen molar-refractivity contribution in [2.24, 2.45) is 17.6 Å². The maximum Gasteiger partial charge on any atom is 0.0372 e. The molecule has 0 aromatic carbocycles. The molecule has 1 aromatic rings. The highest BCUT2D eigenvalue weighted by Gasteiger charge is 2.17. The molecule has 0 saturated heterocycles. The van der Waals surface area contributed by atoms with Crippen LogP contribution in [-0.4, -0.2) is 4.98 Å². The van der Waals surface area contributed by atoms with Gasteiger partial charge in [0.25, 0.3) is 0 Å². The van der Waals surface area contributed by atoms with Crippen molar-refractivity contribution in [1.29, 1.82) is 0 Å². The molecule has 2 unspecified atom stereocenters. The molecule has 0 aliphatic rings. The maximum absolute atomic E-state index is 6.15. The van der Waals surface area contributed by atoms with E-state index in [4.69, 9.17) is 5.73 Å². The number of aryl methyl sites for hydroxylation is 1. The van der Waals surface area contributed by atoms with Gasteiger partial charge in [0.05, 0.1) is 0 Å². The fourth-order valence-corrected chi connectivity index (χ4v) is 1.39. The van der Waals surface area contributed by atoms with Gasteiger partial charge in [-0.25, -0.2) is 0 Å². The van der Waals surface area contributed by atoms with E-state index in [1.165, 1.54) is 0 Å². The fourth-order valence-electron chi connectivity index (χ4n) is 1.39. The Labute approximate surface area is 86.5 Å². The van der Waals surface area contributed by atoms with Gasteiger partial charge in [0.1, 0.15) is 0 Å². The van der Waals surface area contributed by atoms with E-state index in [0.717, 1.165) is 11.3 Å². The molecule has 0 aliphatic heterocycles. The molecule has 2 nitrogen and oxygen atoms in total. The fraction of sp³-hybridized carbons (Fsp3) is 0.583. The molecule has 2 atom stereocenters. The largest absolute Gasteiger partial charge is 0.324 e. The highest BCUT2D eigenvalue weighted by atomic mass is 14.7. The standard InChI is InChI=1S/C12H20N2/c1-8(2)10(4)12(13)11-6-5-9(3)14-7-11/h5-8,10,12H,13H2,1-4H3. The first kappa shape index (κ1) is 11.2. The lowest BCUT2D eigenvalue weighted by Crippen LogP contribution is -2.23. The maximum atomic E-state index is 6.15. The summed E-state index contributed by atoms with van der Waals surface area (Å²) in [4.78, 5) is 4.26. The Kier molecular flexibility index (Phi) is 3.64. The van der Waals surface area contributed by atoms with Gasteiger partial charge >= 0.3 is 0 Å². The van der Waals surface area contributed by atoms with Gasteiger partial charge < -0.3 is 5.73 Å². The SMILES string of the molecule is Cc1ccc(C(N)C(C)C(C)C)cn1. The zero-order valence-corrected chi connectivity index (χ0v) is 9.49. The van der Waals surface area contributed by atoms with Crippen molar-refractivity contribution in [3.05, 3.63) is 29.6 Å². The summed E-state index contributed by atoms with van der Waals surface area (Å²) in [5.41, 5.74) is 8.33. The van der Waals surface area contributed by atoms with Crippen molar-refractivity contribution in [2.75, 3.05) is 0 Å². The lowest BCUT2D eigenvalue weighted by Gasteiger charge is -2.23. The zero-order valence-electron chi connectivity index (χ0n) is 9.49. The van der Waals surface area contributed by atoms with E-state index < -0.39 is 0 Å². The molecule has 1 rings (SSSR count). The molecule has 0 aliphatic carbocycles. The molecule has 0 bridgehead atoms. The molecule has 1 heterocycles. The lowest BCUT2D eigenvalue weighted by molar-refractivity contribution is 0.352. The van der Waals surface area contributed by atoms with Crippen LogP contribution in [0, 0.1) is 18.8 Å². The number of hydrogen-bond donors (Lipinski definition) is 1. The molecule has 2 heteroatoms. The van der Waals surface area contributed by atoms with Gasteiger partial charge in [0, 0.05) is 17.9 Å². The molecular weight excluding hydrogens is 172 g/mol. The Morgan fingerprint density at radius 1 is 1.21 bits per heavy atom. The zero-order chi connectivity index (χ0) is 10.7. The van der Waals surface area contributed by atoms with Crippen LogP contribution in [0.5, 0.6) is 0 Å². The van der Waals surface area contributed by atoms with Crippen molar-refractivity contribution in [2.45, 2.75) is 33.7 Å². The van der Waals surface area contributed by atoms with Crippen LogP contribution in [-0.2, 0) is 0 Å². The molecule has 2 N–H and O–H groups in total. The summed E-state index contributed by atoms with van der Waals surface area (Å²) in [7, 11) is 0. The van der Waals surface area contributed by atoms with Crippen LogP contribution in [0.4, 0.5) is 0 Å². The van der Waals surface area contributed by atoms with E-state index in [1.54, 1.807) is 0 Å². The molecule has 1 aromatic heterocycles. The quantitative estimate of drug-likeness (QED) is 0.799. The van der Waals surface area contributed by atoms with E-state index in [9.17, 15) is 0 Å². The Bertz CT molecular complexity index is 277. The second-order valence-electron chi connectivity index (χ2n) is 4.36. The number of rotatable bonds is 3. The van der Waals surface area contributed by atoms with Crippen LogP contribution >= 0.6 is 0 Å². The van der Waals surface area contributed by atoms with E-state index >= 15 is 0 Å². The number of pyridine rings is 1. The topological polar surface area (TPSA) is 38.9 Å². The first-order valence-corrected chi connectivity index (χ1v) is 5.20. The smallest absolute Gasteiger partial charge is 0.0372 e. The molecule has 0 amide bonds.